The van der Waals surface area contributed by atoms with Gasteiger partial charge in [-0.1, -0.05) is 24.1 Å². The highest BCUT2D eigenvalue weighted by atomic mass is 19.1. The maximum atomic E-state index is 13.0. The van der Waals surface area contributed by atoms with Gasteiger partial charge in [0.2, 0.25) is 0 Å². The van der Waals surface area contributed by atoms with Gasteiger partial charge in [-0.2, -0.15) is 0 Å². The van der Waals surface area contributed by atoms with Crippen molar-refractivity contribution in [2.75, 3.05) is 0 Å². The molecule has 0 aliphatic heterocycles. The first kappa shape index (κ1) is 9.27. The fraction of sp³-hybridized carbons (Fsp3) is 0.100. The first-order chi connectivity index (χ1) is 6.20. The predicted octanol–water partition coefficient (Wildman–Crippen LogP) is 1.81. The van der Waals surface area contributed by atoms with Crippen LogP contribution in [0.25, 0.3) is 0 Å². The lowest BCUT2D eigenvalue weighted by atomic mass is 10.2. The molecule has 1 aliphatic carbocycles. The van der Waals surface area contributed by atoms with Gasteiger partial charge in [-0.25, -0.2) is 9.18 Å². The quantitative estimate of drug-likeness (QED) is 0.574. The molecule has 0 bridgehead atoms. The molecule has 0 aromatic carbocycles. The number of carboxylic acids is 1. The molecule has 1 aliphatic rings. The second-order valence-corrected chi connectivity index (χ2v) is 2.37. The zero-order chi connectivity index (χ0) is 9.68. The van der Waals surface area contributed by atoms with Crippen LogP contribution in [0.1, 0.15) is 6.42 Å². The van der Waals surface area contributed by atoms with Crippen molar-refractivity contribution in [1.82, 2.24) is 0 Å². The van der Waals surface area contributed by atoms with Crippen LogP contribution in [0.2, 0.25) is 0 Å². The molecule has 0 aromatic heterocycles. The molecule has 0 heterocycles. The smallest absolute Gasteiger partial charge is 0.382 e. The summed E-state index contributed by atoms with van der Waals surface area (Å²) in [6.07, 6.45) is 6.57. The summed E-state index contributed by atoms with van der Waals surface area (Å²) >= 11 is 0. The largest absolute Gasteiger partial charge is 0.472 e. The minimum Gasteiger partial charge on any atom is -0.472 e. The van der Waals surface area contributed by atoms with Crippen LogP contribution < -0.4 is 0 Å². The molecule has 0 aromatic rings. The highest BCUT2D eigenvalue weighted by Gasteiger charge is 2.01. The SMILES string of the molecule is O=C(O)C#CC1=C(F)CC=CC=C1. The number of rotatable bonds is 0. The van der Waals surface area contributed by atoms with E-state index in [9.17, 15) is 9.18 Å². The van der Waals surface area contributed by atoms with Crippen molar-refractivity contribution in [3.05, 3.63) is 35.7 Å². The van der Waals surface area contributed by atoms with Gasteiger partial charge in [-0.3, -0.25) is 0 Å². The summed E-state index contributed by atoms with van der Waals surface area (Å²) < 4.78 is 13.0. The van der Waals surface area contributed by atoms with E-state index in [4.69, 9.17) is 5.11 Å². The Balaban J connectivity index is 2.92. The molecule has 2 nitrogen and oxygen atoms in total. The van der Waals surface area contributed by atoms with Crippen molar-refractivity contribution in [2.45, 2.75) is 6.42 Å². The van der Waals surface area contributed by atoms with Crippen LogP contribution in [0.4, 0.5) is 4.39 Å². The molecule has 0 unspecified atom stereocenters. The van der Waals surface area contributed by atoms with Gasteiger partial charge in [0.1, 0.15) is 5.83 Å². The summed E-state index contributed by atoms with van der Waals surface area (Å²) in [4.78, 5) is 10.1. The summed E-state index contributed by atoms with van der Waals surface area (Å²) in [6.45, 7) is 0. The van der Waals surface area contributed by atoms with Crippen LogP contribution in [0, 0.1) is 11.8 Å². The van der Waals surface area contributed by atoms with Crippen LogP contribution in [0.3, 0.4) is 0 Å². The number of hydrogen-bond donors (Lipinski definition) is 1. The van der Waals surface area contributed by atoms with Crippen LogP contribution in [-0.2, 0) is 4.79 Å². The summed E-state index contributed by atoms with van der Waals surface area (Å²) in [6, 6.07) is 0. The van der Waals surface area contributed by atoms with Crippen molar-refractivity contribution in [3.63, 3.8) is 0 Å². The Hall–Kier alpha value is -1.82. The molecule has 1 N–H and O–H groups in total. The second kappa shape index (κ2) is 4.27. The van der Waals surface area contributed by atoms with E-state index in [1.165, 1.54) is 6.08 Å². The summed E-state index contributed by atoms with van der Waals surface area (Å²) in [5.41, 5.74) is 0.132. The fourth-order valence-corrected chi connectivity index (χ4v) is 0.833. The molecule has 0 saturated carbocycles. The third kappa shape index (κ3) is 2.96. The van der Waals surface area contributed by atoms with Crippen molar-refractivity contribution in [2.24, 2.45) is 0 Å². The lowest BCUT2D eigenvalue weighted by Crippen LogP contribution is -1.88. The maximum Gasteiger partial charge on any atom is 0.382 e. The standard InChI is InChI=1S/C10H7FO2/c11-9-5-3-1-2-4-8(9)6-7-10(12)13/h1-4H,5H2,(H,12,13). The van der Waals surface area contributed by atoms with Crippen molar-refractivity contribution < 1.29 is 14.3 Å². The maximum absolute atomic E-state index is 13.0. The van der Waals surface area contributed by atoms with Crippen molar-refractivity contribution in [1.29, 1.82) is 0 Å². The van der Waals surface area contributed by atoms with Gasteiger partial charge in [-0.15, -0.1) is 0 Å². The molecule has 13 heavy (non-hydrogen) atoms. The third-order valence-corrected chi connectivity index (χ3v) is 1.40. The first-order valence-corrected chi connectivity index (χ1v) is 3.67. The summed E-state index contributed by atoms with van der Waals surface area (Å²) in [5.74, 6) is 2.44. The van der Waals surface area contributed by atoms with E-state index in [0.29, 0.717) is 0 Å². The number of hydrogen-bond acceptors (Lipinski definition) is 1. The summed E-state index contributed by atoms with van der Waals surface area (Å²) in [7, 11) is 0. The van der Waals surface area contributed by atoms with E-state index in [1.54, 1.807) is 18.2 Å². The highest BCUT2D eigenvalue weighted by molar-refractivity contribution is 5.87. The molecular formula is C10H7FO2. The van der Waals surface area contributed by atoms with E-state index in [2.05, 4.69) is 5.92 Å². The number of carbonyl (C=O) groups is 1. The fourth-order valence-electron chi connectivity index (χ4n) is 0.833. The Bertz CT molecular complexity index is 364. The molecule has 0 amide bonds. The summed E-state index contributed by atoms with van der Waals surface area (Å²) in [5, 5.41) is 8.24. The van der Waals surface area contributed by atoms with E-state index in [-0.39, 0.29) is 12.0 Å². The van der Waals surface area contributed by atoms with Crippen molar-refractivity contribution in [3.8, 4) is 11.8 Å². The van der Waals surface area contributed by atoms with E-state index in [1.807, 2.05) is 5.92 Å². The lowest BCUT2D eigenvalue weighted by Gasteiger charge is -1.91. The van der Waals surface area contributed by atoms with Gasteiger partial charge in [0.15, 0.2) is 0 Å². The van der Waals surface area contributed by atoms with Gasteiger partial charge in [-0.05, 0) is 6.08 Å². The van der Waals surface area contributed by atoms with Crippen LogP contribution in [0.5, 0.6) is 0 Å². The van der Waals surface area contributed by atoms with Gasteiger partial charge < -0.3 is 5.11 Å². The minimum absolute atomic E-state index is 0.132. The number of allylic oxidation sites excluding steroid dienone is 6. The van der Waals surface area contributed by atoms with Gasteiger partial charge >= 0.3 is 5.97 Å². The van der Waals surface area contributed by atoms with E-state index >= 15 is 0 Å². The minimum atomic E-state index is -1.26. The van der Waals surface area contributed by atoms with Gasteiger partial charge in [0.25, 0.3) is 0 Å². The van der Waals surface area contributed by atoms with Crippen LogP contribution in [0.15, 0.2) is 35.7 Å². The zero-order valence-corrected chi connectivity index (χ0v) is 6.75. The molecule has 0 fully saturated rings. The molecule has 1 rings (SSSR count). The topological polar surface area (TPSA) is 37.3 Å². The molecule has 3 heteroatoms. The predicted molar refractivity (Wildman–Crippen MR) is 46.4 cm³/mol. The number of carboxylic acid groups (broad SMARTS) is 1. The van der Waals surface area contributed by atoms with Crippen LogP contribution >= 0.6 is 0 Å². The third-order valence-electron chi connectivity index (χ3n) is 1.40. The van der Waals surface area contributed by atoms with Crippen molar-refractivity contribution >= 4 is 5.97 Å². The molecule has 0 spiro atoms. The molecule has 0 atom stereocenters. The Morgan fingerprint density at radius 1 is 1.54 bits per heavy atom. The monoisotopic (exact) mass is 178 g/mol. The normalized spacial score (nSPS) is 14.8. The van der Waals surface area contributed by atoms with E-state index in [0.717, 1.165) is 0 Å². The average Bonchev–Trinajstić information content (AvgIpc) is 2.27. The first-order valence-electron chi connectivity index (χ1n) is 3.67. The average molecular weight is 178 g/mol. The Morgan fingerprint density at radius 2 is 2.31 bits per heavy atom. The zero-order valence-electron chi connectivity index (χ0n) is 6.75. The second-order valence-electron chi connectivity index (χ2n) is 2.37. The Labute approximate surface area is 75.1 Å². The molecule has 66 valence electrons. The lowest BCUT2D eigenvalue weighted by molar-refractivity contribution is -0.130. The van der Waals surface area contributed by atoms with Gasteiger partial charge in [0, 0.05) is 12.3 Å². The van der Waals surface area contributed by atoms with Gasteiger partial charge in [0.05, 0.1) is 5.57 Å². The molecular weight excluding hydrogens is 171 g/mol. The molecule has 0 saturated heterocycles. The number of aliphatic carboxylic acids is 1. The highest BCUT2D eigenvalue weighted by Crippen LogP contribution is 2.14. The Kier molecular flexibility index (Phi) is 3.04. The van der Waals surface area contributed by atoms with Crippen LogP contribution in [-0.4, -0.2) is 11.1 Å². The molecule has 0 radical (unpaired) electrons. The Morgan fingerprint density at radius 3 is 3.00 bits per heavy atom. The van der Waals surface area contributed by atoms with E-state index < -0.39 is 11.8 Å². The number of halogens is 1.